The first kappa shape index (κ1) is 59.6. The molecule has 386 valence electrons. The number of aromatic nitrogens is 4. The van der Waals surface area contributed by atoms with Gasteiger partial charge in [0.15, 0.2) is 0 Å². The Morgan fingerprint density at radius 2 is 0.693 bits per heavy atom. The van der Waals surface area contributed by atoms with Gasteiger partial charge >= 0.3 is 0 Å². The second-order valence-corrected chi connectivity index (χ2v) is 21.3. The minimum absolute atomic E-state index is 0.500. The number of halogens is 7. The van der Waals surface area contributed by atoms with Crippen molar-refractivity contribution in [2.45, 2.75) is 0 Å². The summed E-state index contributed by atoms with van der Waals surface area (Å²) in [5, 5.41) is 4.65. The van der Waals surface area contributed by atoms with Crippen molar-refractivity contribution in [2.75, 3.05) is 51.6 Å². The maximum absolute atomic E-state index is 9.50. The van der Waals surface area contributed by atoms with Crippen LogP contribution in [0, 0.1) is 3.57 Å². The van der Waals surface area contributed by atoms with Gasteiger partial charge in [-0.1, -0.05) is 60.1 Å². The average molecular weight is 1280 g/mol. The maximum atomic E-state index is 9.50. The Morgan fingerprint density at radius 3 is 1.04 bits per heavy atom. The lowest BCUT2D eigenvalue weighted by Crippen LogP contribution is -1.88. The second-order valence-electron chi connectivity index (χ2n) is 14.8. The van der Waals surface area contributed by atoms with Crippen molar-refractivity contribution in [1.82, 2.24) is 19.9 Å². The monoisotopic (exact) mass is 1280 g/mol. The van der Waals surface area contributed by atoms with E-state index < -0.39 is 0 Å². The van der Waals surface area contributed by atoms with Crippen molar-refractivity contribution < 1.29 is 17.6 Å². The molecule has 0 saturated heterocycles. The number of benzene rings is 8. The third kappa shape index (κ3) is 16.1. The van der Waals surface area contributed by atoms with E-state index in [0.29, 0.717) is 39.4 Å². The lowest BCUT2D eigenvalue weighted by Gasteiger charge is -2.00. The standard InChI is InChI=1S/C13H9BrN2S.C13H9ClN2S.C13H9IN2S.C13H10N2S.4CH3F/c3*14-9-7-8(5-6-10(9)15)13-16-11-3-1-2-4-12(11)17-13;14-10-7-5-9(6-8-10)13-15-11-3-1-2-4-12(11)16-13;4*1-2/h3*1-7H,15H2;1-8H,14H2;4*1H3. The van der Waals surface area contributed by atoms with Crippen LogP contribution in [0.4, 0.5) is 40.3 Å². The summed E-state index contributed by atoms with van der Waals surface area (Å²) in [6.07, 6.45) is 0. The lowest BCUT2D eigenvalue weighted by atomic mass is 10.2. The molecule has 0 fully saturated rings. The normalized spacial score (nSPS) is 10.0. The number of rotatable bonds is 4. The topological polar surface area (TPSA) is 156 Å². The zero-order valence-corrected chi connectivity index (χ0v) is 48.4. The average Bonchev–Trinajstić information content (AvgIpc) is 4.29. The zero-order valence-electron chi connectivity index (χ0n) is 40.6. The summed E-state index contributed by atoms with van der Waals surface area (Å²) >= 11 is 18.5. The predicted octanol–water partition coefficient (Wildman–Crippen LogP) is 18.5. The van der Waals surface area contributed by atoms with Crippen LogP contribution in [0.5, 0.6) is 0 Å². The third-order valence-electron chi connectivity index (χ3n) is 10.1. The van der Waals surface area contributed by atoms with Gasteiger partial charge in [0.05, 0.1) is 80.3 Å². The van der Waals surface area contributed by atoms with Gasteiger partial charge in [-0.15, -0.1) is 45.3 Å². The quantitative estimate of drug-likeness (QED) is 0.0771. The van der Waals surface area contributed by atoms with E-state index in [0.717, 1.165) is 89.5 Å². The fourth-order valence-electron chi connectivity index (χ4n) is 6.59. The number of fused-ring (bicyclic) bond motifs is 4. The molecule has 19 heteroatoms. The summed E-state index contributed by atoms with van der Waals surface area (Å²) in [7, 11) is 2.00. The molecule has 0 atom stereocenters. The molecule has 0 saturated carbocycles. The van der Waals surface area contributed by atoms with Gasteiger partial charge in [-0.3, -0.25) is 17.6 Å². The van der Waals surface area contributed by atoms with Gasteiger partial charge in [0, 0.05) is 47.4 Å². The summed E-state index contributed by atoms with van der Waals surface area (Å²) in [5.41, 5.74) is 34.4. The number of nitrogen functional groups attached to an aromatic ring is 4. The van der Waals surface area contributed by atoms with Crippen LogP contribution < -0.4 is 22.9 Å². The van der Waals surface area contributed by atoms with Crippen LogP contribution in [0.1, 0.15) is 0 Å². The van der Waals surface area contributed by atoms with Gasteiger partial charge in [0.1, 0.15) is 20.0 Å². The van der Waals surface area contributed by atoms with Crippen LogP contribution in [0.2, 0.25) is 5.02 Å². The molecule has 0 aliphatic heterocycles. The lowest BCUT2D eigenvalue weighted by molar-refractivity contribution is 0.635. The van der Waals surface area contributed by atoms with Gasteiger partial charge < -0.3 is 22.9 Å². The molecule has 12 aromatic rings. The fraction of sp³-hybridized carbons (Fsp3) is 0.0714. The molecule has 0 spiro atoms. The van der Waals surface area contributed by atoms with E-state index in [9.17, 15) is 17.6 Å². The van der Waals surface area contributed by atoms with E-state index in [1.807, 2.05) is 146 Å². The highest BCUT2D eigenvalue weighted by molar-refractivity contribution is 14.1. The molecule has 4 heterocycles. The second kappa shape index (κ2) is 30.3. The van der Waals surface area contributed by atoms with E-state index in [1.54, 1.807) is 45.3 Å². The van der Waals surface area contributed by atoms with E-state index >= 15 is 0 Å². The molecule has 0 radical (unpaired) electrons. The molecule has 8 aromatic carbocycles. The van der Waals surface area contributed by atoms with Gasteiger partial charge in [0.2, 0.25) is 0 Å². The van der Waals surface area contributed by atoms with Crippen molar-refractivity contribution in [3.05, 3.63) is 189 Å². The Labute approximate surface area is 475 Å². The third-order valence-corrected chi connectivity index (χ3v) is 16.4. The van der Waals surface area contributed by atoms with Crippen LogP contribution in [-0.2, 0) is 0 Å². The summed E-state index contributed by atoms with van der Waals surface area (Å²) in [5.74, 6) is 0. The Hall–Kier alpha value is -6.26. The van der Waals surface area contributed by atoms with Crippen LogP contribution in [-0.4, -0.2) is 48.6 Å². The van der Waals surface area contributed by atoms with Crippen molar-refractivity contribution in [3.8, 4) is 42.3 Å². The van der Waals surface area contributed by atoms with Crippen molar-refractivity contribution >= 4 is 159 Å². The van der Waals surface area contributed by atoms with Crippen LogP contribution >= 0.6 is 95.5 Å². The molecule has 12 rings (SSSR count). The molecule has 0 bridgehead atoms. The Bertz CT molecular complexity index is 3270. The number of para-hydroxylation sites is 4. The van der Waals surface area contributed by atoms with Crippen LogP contribution in [0.25, 0.3) is 83.2 Å². The van der Waals surface area contributed by atoms with Gasteiger partial charge in [-0.05, 0) is 166 Å². The molecule has 0 unspecified atom stereocenters. The number of nitrogens with zero attached hydrogens (tertiary/aromatic N) is 4. The van der Waals surface area contributed by atoms with E-state index in [2.05, 4.69) is 88.8 Å². The number of hydrogen-bond donors (Lipinski definition) is 4. The molecule has 0 amide bonds. The smallest absolute Gasteiger partial charge is 0.124 e. The first-order valence-corrected chi connectivity index (χ1v) is 27.5. The van der Waals surface area contributed by atoms with Gasteiger partial charge in [-0.25, -0.2) is 19.9 Å². The van der Waals surface area contributed by atoms with Crippen molar-refractivity contribution in [3.63, 3.8) is 0 Å². The highest BCUT2D eigenvalue weighted by atomic mass is 127. The Morgan fingerprint density at radius 1 is 0.387 bits per heavy atom. The summed E-state index contributed by atoms with van der Waals surface area (Å²) in [6, 6.07) is 57.9. The molecule has 0 aliphatic rings. The number of anilines is 4. The predicted molar refractivity (Wildman–Crippen MR) is 331 cm³/mol. The Balaban J connectivity index is 0.000000177. The van der Waals surface area contributed by atoms with Crippen LogP contribution in [0.15, 0.2) is 180 Å². The van der Waals surface area contributed by atoms with Gasteiger partial charge in [-0.2, -0.15) is 0 Å². The highest BCUT2D eigenvalue weighted by Crippen LogP contribution is 2.36. The Kier molecular flexibility index (Phi) is 24.1. The van der Waals surface area contributed by atoms with E-state index in [1.165, 1.54) is 18.8 Å². The highest BCUT2D eigenvalue weighted by Gasteiger charge is 2.10. The molecule has 0 aliphatic carbocycles. The molecule has 8 N–H and O–H groups in total. The zero-order chi connectivity index (χ0) is 54.4. The summed E-state index contributed by atoms with van der Waals surface area (Å²) in [4.78, 5) is 18.4. The minimum atomic E-state index is 0.500. The maximum Gasteiger partial charge on any atom is 0.124 e. The van der Waals surface area contributed by atoms with Crippen molar-refractivity contribution in [1.29, 1.82) is 0 Å². The van der Waals surface area contributed by atoms with Crippen LogP contribution in [0.3, 0.4) is 0 Å². The number of nitrogens with two attached hydrogens (primary N) is 4. The summed E-state index contributed by atoms with van der Waals surface area (Å²) < 4.78 is 44.8. The molecule has 8 nitrogen and oxygen atoms in total. The molecular formula is C56H49BrClF4IN8S4. The number of alkyl halides is 4. The minimum Gasteiger partial charge on any atom is -0.399 e. The molecule has 75 heavy (non-hydrogen) atoms. The first-order valence-electron chi connectivity index (χ1n) is 22.0. The molecular weight excluding hydrogens is 1230 g/mol. The van der Waals surface area contributed by atoms with E-state index in [4.69, 9.17) is 34.5 Å². The van der Waals surface area contributed by atoms with E-state index in [-0.39, 0.29) is 0 Å². The molecule has 4 aromatic heterocycles. The van der Waals surface area contributed by atoms with Gasteiger partial charge in [0.25, 0.3) is 0 Å². The number of thiazole rings is 4. The SMILES string of the molecule is CF.CF.CF.CF.Nc1ccc(-c2nc3ccccc3s2)cc1.Nc1ccc(-c2nc3ccccc3s2)cc1Br.Nc1ccc(-c2nc3ccccc3s2)cc1Cl.Nc1ccc(-c2nc3ccccc3s2)cc1I. The summed E-state index contributed by atoms with van der Waals surface area (Å²) in [6.45, 7) is 0. The number of hydrogen-bond acceptors (Lipinski definition) is 12. The van der Waals surface area contributed by atoms with Crippen molar-refractivity contribution in [2.24, 2.45) is 0 Å². The first-order chi connectivity index (χ1) is 36.5. The largest absolute Gasteiger partial charge is 0.399 e. The fourth-order valence-corrected chi connectivity index (χ4v) is 11.5.